The first-order valence-corrected chi connectivity index (χ1v) is 11.3. The highest BCUT2D eigenvalue weighted by molar-refractivity contribution is 6.30. The van der Waals surface area contributed by atoms with Crippen LogP contribution in [-0.4, -0.2) is 35.0 Å². The minimum atomic E-state index is -0.609. The molecule has 1 heterocycles. The number of hydrogen-bond donors (Lipinski definition) is 2. The lowest BCUT2D eigenvalue weighted by Crippen LogP contribution is -2.49. The zero-order valence-corrected chi connectivity index (χ0v) is 19.1. The highest BCUT2D eigenvalue weighted by Gasteiger charge is 2.27. The van der Waals surface area contributed by atoms with Crippen LogP contribution in [0, 0.1) is 0 Å². The van der Waals surface area contributed by atoms with Crippen LogP contribution in [-0.2, 0) is 6.54 Å². The van der Waals surface area contributed by atoms with Crippen LogP contribution < -0.4 is 10.2 Å². The third-order valence-corrected chi connectivity index (χ3v) is 5.92. The fraction of sp³-hybridized carbons (Fsp3) is 0.231. The quantitative estimate of drug-likeness (QED) is 0.508. The van der Waals surface area contributed by atoms with Crippen LogP contribution in [0.15, 0.2) is 72.8 Å². The molecule has 4 rings (SSSR count). The minimum Gasteiger partial charge on any atom is -0.389 e. The SMILES string of the molecule is C[C@H](O)c1cccc(NC(=O)c2ccc(N3CCCN(Cc4ccc(Cl)cc4)C3=O)cc2)c1. The van der Waals surface area contributed by atoms with Crippen LogP contribution in [0.25, 0.3) is 0 Å². The third kappa shape index (κ3) is 5.53. The monoisotopic (exact) mass is 463 g/mol. The van der Waals surface area contributed by atoms with Crippen molar-refractivity contribution in [2.24, 2.45) is 0 Å². The van der Waals surface area contributed by atoms with Crippen LogP contribution in [0.3, 0.4) is 0 Å². The fourth-order valence-electron chi connectivity index (χ4n) is 3.85. The van der Waals surface area contributed by atoms with E-state index in [1.165, 1.54) is 0 Å². The van der Waals surface area contributed by atoms with Gasteiger partial charge in [0.2, 0.25) is 0 Å². The molecule has 3 aromatic rings. The van der Waals surface area contributed by atoms with Crippen molar-refractivity contribution in [2.45, 2.75) is 26.0 Å². The molecule has 0 aliphatic carbocycles. The van der Waals surface area contributed by atoms with E-state index in [-0.39, 0.29) is 11.9 Å². The molecule has 1 saturated heterocycles. The minimum absolute atomic E-state index is 0.0525. The maximum atomic E-state index is 13.1. The first-order valence-electron chi connectivity index (χ1n) is 10.9. The Kier molecular flexibility index (Phi) is 6.96. The molecule has 0 bridgehead atoms. The van der Waals surface area contributed by atoms with Gasteiger partial charge in [-0.25, -0.2) is 4.79 Å². The van der Waals surface area contributed by atoms with Crippen molar-refractivity contribution in [3.8, 4) is 0 Å². The van der Waals surface area contributed by atoms with Gasteiger partial charge in [0.25, 0.3) is 5.91 Å². The number of nitrogens with zero attached hydrogens (tertiary/aromatic N) is 2. The molecular formula is C26H26ClN3O3. The van der Waals surface area contributed by atoms with E-state index in [0.717, 1.165) is 23.2 Å². The maximum absolute atomic E-state index is 13.1. The van der Waals surface area contributed by atoms with E-state index >= 15 is 0 Å². The van der Waals surface area contributed by atoms with E-state index in [1.807, 2.05) is 29.2 Å². The average Bonchev–Trinajstić information content (AvgIpc) is 2.82. The lowest BCUT2D eigenvalue weighted by Gasteiger charge is -2.35. The molecule has 3 amide bonds. The van der Waals surface area contributed by atoms with Crippen LogP contribution >= 0.6 is 11.6 Å². The second-order valence-electron chi connectivity index (χ2n) is 8.14. The van der Waals surface area contributed by atoms with E-state index in [4.69, 9.17) is 11.6 Å². The zero-order valence-electron chi connectivity index (χ0n) is 18.4. The molecule has 170 valence electrons. The largest absolute Gasteiger partial charge is 0.389 e. The standard InChI is InChI=1S/C26H26ClN3O3/c1-18(31)21-4-2-5-23(16-21)28-25(32)20-8-12-24(13-9-20)30-15-3-14-29(26(30)33)17-19-6-10-22(27)11-7-19/h2,4-13,16,18,31H,3,14-15,17H2,1H3,(H,28,32)/t18-/m0/s1. The summed E-state index contributed by atoms with van der Waals surface area (Å²) in [4.78, 5) is 29.3. The van der Waals surface area contributed by atoms with Crippen molar-refractivity contribution >= 4 is 34.9 Å². The summed E-state index contributed by atoms with van der Waals surface area (Å²) in [6.45, 7) is 3.54. The summed E-state index contributed by atoms with van der Waals surface area (Å²) < 4.78 is 0. The molecule has 3 aromatic carbocycles. The van der Waals surface area contributed by atoms with Gasteiger partial charge >= 0.3 is 6.03 Å². The van der Waals surface area contributed by atoms with E-state index in [9.17, 15) is 14.7 Å². The Morgan fingerprint density at radius 1 is 1.06 bits per heavy atom. The predicted molar refractivity (Wildman–Crippen MR) is 131 cm³/mol. The first-order chi connectivity index (χ1) is 15.9. The Bertz CT molecular complexity index is 1130. The number of aliphatic hydroxyl groups excluding tert-OH is 1. The second kappa shape index (κ2) is 10.1. The van der Waals surface area contributed by atoms with Crippen LogP contribution in [0.2, 0.25) is 5.02 Å². The van der Waals surface area contributed by atoms with Gasteiger partial charge in [0, 0.05) is 41.6 Å². The fourth-order valence-corrected chi connectivity index (χ4v) is 3.98. The number of anilines is 2. The van der Waals surface area contributed by atoms with Gasteiger partial charge in [-0.1, -0.05) is 35.9 Å². The molecular weight excluding hydrogens is 438 g/mol. The lowest BCUT2D eigenvalue weighted by atomic mass is 10.1. The predicted octanol–water partition coefficient (Wildman–Crippen LogP) is 5.48. The summed E-state index contributed by atoms with van der Waals surface area (Å²) in [5.74, 6) is -0.251. The third-order valence-electron chi connectivity index (χ3n) is 5.67. The van der Waals surface area contributed by atoms with Gasteiger partial charge in [-0.05, 0) is 73.0 Å². The summed E-state index contributed by atoms with van der Waals surface area (Å²) >= 11 is 5.96. The molecule has 6 nitrogen and oxygen atoms in total. The van der Waals surface area contributed by atoms with Gasteiger partial charge in [-0.15, -0.1) is 0 Å². The van der Waals surface area contributed by atoms with Crippen molar-refractivity contribution in [2.75, 3.05) is 23.3 Å². The summed E-state index contributed by atoms with van der Waals surface area (Å²) in [6.07, 6.45) is 0.253. The zero-order chi connectivity index (χ0) is 23.4. The summed E-state index contributed by atoms with van der Waals surface area (Å²) in [5, 5.41) is 13.3. The summed E-state index contributed by atoms with van der Waals surface area (Å²) in [5.41, 5.74) is 3.62. The molecule has 7 heteroatoms. The number of halogens is 1. The van der Waals surface area contributed by atoms with Gasteiger partial charge in [0.05, 0.1) is 6.10 Å². The number of nitrogens with one attached hydrogen (secondary N) is 1. The van der Waals surface area contributed by atoms with Crippen LogP contribution in [0.5, 0.6) is 0 Å². The highest BCUT2D eigenvalue weighted by atomic mass is 35.5. The molecule has 0 unspecified atom stereocenters. The maximum Gasteiger partial charge on any atom is 0.324 e. The molecule has 0 aromatic heterocycles. The van der Waals surface area contributed by atoms with Gasteiger partial charge in [0.15, 0.2) is 0 Å². The van der Waals surface area contributed by atoms with Crippen molar-refractivity contribution in [3.05, 3.63) is 94.5 Å². The molecule has 1 fully saturated rings. The number of aliphatic hydroxyl groups is 1. The van der Waals surface area contributed by atoms with Crippen LogP contribution in [0.1, 0.15) is 40.9 Å². The van der Waals surface area contributed by atoms with Gasteiger partial charge in [-0.2, -0.15) is 0 Å². The Balaban J connectivity index is 1.42. The molecule has 2 N–H and O–H groups in total. The topological polar surface area (TPSA) is 72.9 Å². The Labute approximate surface area is 198 Å². The first kappa shape index (κ1) is 22.8. The number of urea groups is 1. The number of amides is 3. The number of hydrogen-bond acceptors (Lipinski definition) is 3. The van der Waals surface area contributed by atoms with Gasteiger partial charge < -0.3 is 15.3 Å². The van der Waals surface area contributed by atoms with Crippen molar-refractivity contribution in [1.82, 2.24) is 4.90 Å². The molecule has 33 heavy (non-hydrogen) atoms. The van der Waals surface area contributed by atoms with Crippen LogP contribution in [0.4, 0.5) is 16.2 Å². The molecule has 1 atom stereocenters. The van der Waals surface area contributed by atoms with Crippen molar-refractivity contribution in [3.63, 3.8) is 0 Å². The normalized spacial score (nSPS) is 14.8. The molecule has 1 aliphatic heterocycles. The van der Waals surface area contributed by atoms with Crippen molar-refractivity contribution in [1.29, 1.82) is 0 Å². The number of rotatable bonds is 6. The summed E-state index contributed by atoms with van der Waals surface area (Å²) in [6, 6.07) is 21.6. The van der Waals surface area contributed by atoms with E-state index < -0.39 is 6.10 Å². The smallest absolute Gasteiger partial charge is 0.324 e. The van der Waals surface area contributed by atoms with Crippen molar-refractivity contribution < 1.29 is 14.7 Å². The number of carbonyl (C=O) groups is 2. The Morgan fingerprint density at radius 2 is 1.79 bits per heavy atom. The number of benzene rings is 3. The molecule has 0 spiro atoms. The van der Waals surface area contributed by atoms with E-state index in [2.05, 4.69) is 5.32 Å². The Hall–Kier alpha value is -3.35. The van der Waals surface area contributed by atoms with Gasteiger partial charge in [-0.3, -0.25) is 9.69 Å². The summed E-state index contributed by atoms with van der Waals surface area (Å²) in [7, 11) is 0. The highest BCUT2D eigenvalue weighted by Crippen LogP contribution is 2.23. The Morgan fingerprint density at radius 3 is 2.48 bits per heavy atom. The molecule has 0 saturated carbocycles. The molecule has 1 aliphatic rings. The molecule has 0 radical (unpaired) electrons. The van der Waals surface area contributed by atoms with Gasteiger partial charge in [0.1, 0.15) is 0 Å². The van der Waals surface area contributed by atoms with E-state index in [0.29, 0.717) is 35.9 Å². The van der Waals surface area contributed by atoms with E-state index in [1.54, 1.807) is 60.4 Å². The number of carbonyl (C=O) groups excluding carboxylic acids is 2. The second-order valence-corrected chi connectivity index (χ2v) is 8.57. The lowest BCUT2D eigenvalue weighted by molar-refractivity contribution is 0.102. The average molecular weight is 464 g/mol.